The summed E-state index contributed by atoms with van der Waals surface area (Å²) in [4.78, 5) is 28.2. The molecule has 0 saturated carbocycles. The molecule has 0 aliphatic carbocycles. The first-order chi connectivity index (χ1) is 14.0. The third-order valence-corrected chi connectivity index (χ3v) is 5.17. The van der Waals surface area contributed by atoms with Gasteiger partial charge in [-0.3, -0.25) is 14.5 Å². The standard InChI is InChI=1S/C22H29N5O2/c1-4-23-21(28)16-25-12-14-26(15-13-25)22(29)11-10-20-17(2)24-27(18(20)3)19-8-6-5-7-9-19/h5-11H,4,12-16H2,1-3H3,(H,23,28)/b11-10+. The molecule has 1 saturated heterocycles. The molecule has 0 bridgehead atoms. The van der Waals surface area contributed by atoms with Crippen LogP contribution in [-0.4, -0.2) is 70.7 Å². The fourth-order valence-electron chi connectivity index (χ4n) is 3.56. The summed E-state index contributed by atoms with van der Waals surface area (Å²) in [7, 11) is 0. The highest BCUT2D eigenvalue weighted by molar-refractivity contribution is 5.92. The number of nitrogens with one attached hydrogen (secondary N) is 1. The van der Waals surface area contributed by atoms with E-state index in [-0.39, 0.29) is 11.8 Å². The zero-order valence-corrected chi connectivity index (χ0v) is 17.4. The molecule has 3 rings (SSSR count). The van der Waals surface area contributed by atoms with E-state index in [9.17, 15) is 9.59 Å². The molecule has 7 heteroatoms. The second-order valence-electron chi connectivity index (χ2n) is 7.22. The number of carbonyl (C=O) groups excluding carboxylic acids is 2. The Hall–Kier alpha value is -2.93. The molecule has 0 unspecified atom stereocenters. The Bertz CT molecular complexity index is 880. The minimum absolute atomic E-state index is 0.00563. The van der Waals surface area contributed by atoms with Gasteiger partial charge < -0.3 is 10.2 Å². The molecule has 1 fully saturated rings. The number of hydrogen-bond donors (Lipinski definition) is 1. The van der Waals surface area contributed by atoms with E-state index in [2.05, 4.69) is 15.3 Å². The van der Waals surface area contributed by atoms with Crippen molar-refractivity contribution in [3.8, 4) is 5.69 Å². The lowest BCUT2D eigenvalue weighted by Crippen LogP contribution is -2.50. The van der Waals surface area contributed by atoms with Crippen LogP contribution >= 0.6 is 0 Å². The summed E-state index contributed by atoms with van der Waals surface area (Å²) in [6, 6.07) is 9.97. The third-order valence-electron chi connectivity index (χ3n) is 5.17. The van der Waals surface area contributed by atoms with Gasteiger partial charge >= 0.3 is 0 Å². The van der Waals surface area contributed by atoms with Crippen LogP contribution in [-0.2, 0) is 9.59 Å². The van der Waals surface area contributed by atoms with E-state index in [1.54, 1.807) is 6.08 Å². The Morgan fingerprint density at radius 1 is 1.10 bits per heavy atom. The average Bonchev–Trinajstić information content (AvgIpc) is 3.01. The van der Waals surface area contributed by atoms with Crippen LogP contribution in [0, 0.1) is 13.8 Å². The number of piperazine rings is 1. The Labute approximate surface area is 172 Å². The van der Waals surface area contributed by atoms with Crippen molar-refractivity contribution < 1.29 is 9.59 Å². The van der Waals surface area contributed by atoms with Crippen molar-refractivity contribution >= 4 is 17.9 Å². The van der Waals surface area contributed by atoms with Crippen molar-refractivity contribution in [2.45, 2.75) is 20.8 Å². The maximum absolute atomic E-state index is 12.6. The van der Waals surface area contributed by atoms with Gasteiger partial charge in [0, 0.05) is 50.1 Å². The molecule has 1 aliphatic rings. The van der Waals surface area contributed by atoms with Gasteiger partial charge in [0.1, 0.15) is 0 Å². The minimum atomic E-state index is -0.00563. The van der Waals surface area contributed by atoms with Gasteiger partial charge in [-0.2, -0.15) is 5.10 Å². The summed E-state index contributed by atoms with van der Waals surface area (Å²) in [6.07, 6.45) is 3.49. The van der Waals surface area contributed by atoms with E-state index in [0.29, 0.717) is 39.3 Å². The van der Waals surface area contributed by atoms with Crippen molar-refractivity contribution in [2.75, 3.05) is 39.3 Å². The summed E-state index contributed by atoms with van der Waals surface area (Å²) >= 11 is 0. The van der Waals surface area contributed by atoms with Gasteiger partial charge in [-0.1, -0.05) is 18.2 Å². The van der Waals surface area contributed by atoms with Crippen LogP contribution in [0.4, 0.5) is 0 Å². The Morgan fingerprint density at radius 2 is 1.79 bits per heavy atom. The van der Waals surface area contributed by atoms with Crippen LogP contribution in [0.1, 0.15) is 23.9 Å². The summed E-state index contributed by atoms with van der Waals surface area (Å²) in [6.45, 7) is 9.58. The van der Waals surface area contributed by atoms with Gasteiger partial charge in [0.05, 0.1) is 17.9 Å². The van der Waals surface area contributed by atoms with Crippen molar-refractivity contribution in [2.24, 2.45) is 0 Å². The number of aryl methyl sites for hydroxylation is 1. The van der Waals surface area contributed by atoms with E-state index < -0.39 is 0 Å². The summed E-state index contributed by atoms with van der Waals surface area (Å²) in [5, 5.41) is 7.43. The molecule has 29 heavy (non-hydrogen) atoms. The monoisotopic (exact) mass is 395 g/mol. The predicted molar refractivity (Wildman–Crippen MR) is 114 cm³/mol. The number of likely N-dealkylation sites (N-methyl/N-ethyl adjacent to an activating group) is 1. The molecule has 0 atom stereocenters. The predicted octanol–water partition coefficient (Wildman–Crippen LogP) is 1.78. The smallest absolute Gasteiger partial charge is 0.246 e. The maximum Gasteiger partial charge on any atom is 0.246 e. The SMILES string of the molecule is CCNC(=O)CN1CCN(C(=O)/C=C/c2c(C)nn(-c3ccccc3)c2C)CC1. The highest BCUT2D eigenvalue weighted by atomic mass is 16.2. The summed E-state index contributed by atoms with van der Waals surface area (Å²) in [5.74, 6) is 0.0301. The van der Waals surface area contributed by atoms with Gasteiger partial charge in [0.15, 0.2) is 0 Å². The third kappa shape index (κ3) is 5.12. The van der Waals surface area contributed by atoms with Crippen LogP contribution < -0.4 is 5.32 Å². The van der Waals surface area contributed by atoms with Gasteiger partial charge in [-0.25, -0.2) is 4.68 Å². The van der Waals surface area contributed by atoms with Gasteiger partial charge in [0.2, 0.25) is 11.8 Å². The lowest BCUT2D eigenvalue weighted by atomic mass is 10.1. The number of amides is 2. The van der Waals surface area contributed by atoms with E-state index in [0.717, 1.165) is 22.6 Å². The number of hydrogen-bond acceptors (Lipinski definition) is 4. The van der Waals surface area contributed by atoms with Crippen LogP contribution in [0.2, 0.25) is 0 Å². The molecule has 2 amide bonds. The molecule has 0 spiro atoms. The fraction of sp³-hybridized carbons (Fsp3) is 0.409. The van der Waals surface area contributed by atoms with E-state index in [1.807, 2.05) is 66.8 Å². The molecular formula is C22H29N5O2. The topological polar surface area (TPSA) is 70.5 Å². The fourth-order valence-corrected chi connectivity index (χ4v) is 3.56. The first kappa shape index (κ1) is 20.8. The molecule has 2 heterocycles. The molecular weight excluding hydrogens is 366 g/mol. The lowest BCUT2D eigenvalue weighted by molar-refractivity contribution is -0.128. The quantitative estimate of drug-likeness (QED) is 0.757. The lowest BCUT2D eigenvalue weighted by Gasteiger charge is -2.33. The second kappa shape index (κ2) is 9.52. The van der Waals surface area contributed by atoms with Gasteiger partial charge in [0.25, 0.3) is 0 Å². The molecule has 1 N–H and O–H groups in total. The molecule has 1 aromatic heterocycles. The number of aromatic nitrogens is 2. The highest BCUT2D eigenvalue weighted by Gasteiger charge is 2.21. The van der Waals surface area contributed by atoms with E-state index >= 15 is 0 Å². The van der Waals surface area contributed by atoms with Crippen molar-refractivity contribution in [1.82, 2.24) is 24.9 Å². The zero-order valence-electron chi connectivity index (χ0n) is 17.4. The second-order valence-corrected chi connectivity index (χ2v) is 7.22. The van der Waals surface area contributed by atoms with Gasteiger partial charge in [-0.05, 0) is 39.0 Å². The Morgan fingerprint density at radius 3 is 2.45 bits per heavy atom. The van der Waals surface area contributed by atoms with Crippen LogP contribution in [0.15, 0.2) is 36.4 Å². The minimum Gasteiger partial charge on any atom is -0.355 e. The largest absolute Gasteiger partial charge is 0.355 e. The maximum atomic E-state index is 12.6. The van der Waals surface area contributed by atoms with Crippen molar-refractivity contribution in [3.63, 3.8) is 0 Å². The summed E-state index contributed by atoms with van der Waals surface area (Å²) in [5.41, 5.74) is 3.87. The first-order valence-corrected chi connectivity index (χ1v) is 10.1. The molecule has 0 radical (unpaired) electrons. The number of carbonyl (C=O) groups is 2. The first-order valence-electron chi connectivity index (χ1n) is 10.1. The zero-order chi connectivity index (χ0) is 20.8. The van der Waals surface area contributed by atoms with E-state index in [1.165, 1.54) is 0 Å². The molecule has 2 aromatic rings. The van der Waals surface area contributed by atoms with Crippen LogP contribution in [0.3, 0.4) is 0 Å². The van der Waals surface area contributed by atoms with E-state index in [4.69, 9.17) is 0 Å². The average molecular weight is 396 g/mol. The Balaban J connectivity index is 1.60. The molecule has 1 aromatic carbocycles. The van der Waals surface area contributed by atoms with Crippen LogP contribution in [0.5, 0.6) is 0 Å². The highest BCUT2D eigenvalue weighted by Crippen LogP contribution is 2.19. The van der Waals surface area contributed by atoms with Crippen molar-refractivity contribution in [1.29, 1.82) is 0 Å². The molecule has 1 aliphatic heterocycles. The Kier molecular flexibility index (Phi) is 6.82. The molecule has 154 valence electrons. The van der Waals surface area contributed by atoms with Crippen molar-refractivity contribution in [3.05, 3.63) is 53.4 Å². The molecule has 7 nitrogen and oxygen atoms in total. The van der Waals surface area contributed by atoms with Gasteiger partial charge in [-0.15, -0.1) is 0 Å². The van der Waals surface area contributed by atoms with Crippen LogP contribution in [0.25, 0.3) is 11.8 Å². The summed E-state index contributed by atoms with van der Waals surface area (Å²) < 4.78 is 1.90. The number of para-hydroxylation sites is 1. The number of nitrogens with zero attached hydrogens (tertiary/aromatic N) is 4. The number of rotatable bonds is 6. The normalized spacial score (nSPS) is 15.1. The number of benzene rings is 1.